The van der Waals surface area contributed by atoms with E-state index < -0.39 is 0 Å². The molecule has 0 aromatic heterocycles. The van der Waals surface area contributed by atoms with Crippen LogP contribution in [-0.4, -0.2) is 25.2 Å². The van der Waals surface area contributed by atoms with Crippen LogP contribution in [0, 0.1) is 5.92 Å². The molecule has 4 nitrogen and oxygen atoms in total. The smallest absolute Gasteiger partial charge is 0.306 e. The van der Waals surface area contributed by atoms with E-state index in [0.29, 0.717) is 26.1 Å². The van der Waals surface area contributed by atoms with E-state index in [0.717, 1.165) is 12.8 Å². The Kier molecular flexibility index (Phi) is 4.43. The summed E-state index contributed by atoms with van der Waals surface area (Å²) < 4.78 is 9.95. The summed E-state index contributed by atoms with van der Waals surface area (Å²) in [7, 11) is 0. The van der Waals surface area contributed by atoms with E-state index in [1.807, 2.05) is 6.92 Å². The molecule has 0 bridgehead atoms. The molecule has 1 heterocycles. The molecule has 4 heteroatoms. The van der Waals surface area contributed by atoms with Crippen LogP contribution in [0.1, 0.15) is 32.6 Å². The molecular weight excluding hydrogens is 184 g/mol. The standard InChI is InChI=1S/C10H16O4/c1-8-6-9(11)13-4-2-3-5-14-10(12)7-8/h8H,2-7H2,1H3. The van der Waals surface area contributed by atoms with Crippen molar-refractivity contribution in [2.45, 2.75) is 32.6 Å². The Balaban J connectivity index is 2.44. The second-order valence-corrected chi connectivity index (χ2v) is 3.66. The monoisotopic (exact) mass is 200 g/mol. The Morgan fingerprint density at radius 3 is 1.86 bits per heavy atom. The summed E-state index contributed by atoms with van der Waals surface area (Å²) in [6.07, 6.45) is 2.12. The van der Waals surface area contributed by atoms with Crippen LogP contribution in [0.2, 0.25) is 0 Å². The van der Waals surface area contributed by atoms with Crippen molar-refractivity contribution < 1.29 is 19.1 Å². The number of hydrogen-bond acceptors (Lipinski definition) is 4. The van der Waals surface area contributed by atoms with E-state index in [2.05, 4.69) is 0 Å². The topological polar surface area (TPSA) is 52.6 Å². The van der Waals surface area contributed by atoms with Crippen molar-refractivity contribution in [3.63, 3.8) is 0 Å². The maximum Gasteiger partial charge on any atom is 0.306 e. The lowest BCUT2D eigenvalue weighted by Gasteiger charge is -2.08. The first-order valence-electron chi connectivity index (χ1n) is 4.99. The number of rotatable bonds is 0. The molecule has 1 fully saturated rings. The average molecular weight is 200 g/mol. The van der Waals surface area contributed by atoms with Crippen molar-refractivity contribution in [1.82, 2.24) is 0 Å². The average Bonchev–Trinajstić information content (AvgIpc) is 2.11. The number of carbonyl (C=O) groups is 2. The first kappa shape index (κ1) is 11.0. The second kappa shape index (κ2) is 5.62. The quantitative estimate of drug-likeness (QED) is 0.553. The van der Waals surface area contributed by atoms with Crippen LogP contribution in [0.25, 0.3) is 0 Å². The minimum Gasteiger partial charge on any atom is -0.466 e. The van der Waals surface area contributed by atoms with Gasteiger partial charge in [0.1, 0.15) is 0 Å². The molecule has 0 radical (unpaired) electrons. The van der Waals surface area contributed by atoms with Crippen molar-refractivity contribution in [3.8, 4) is 0 Å². The Morgan fingerprint density at radius 1 is 1.00 bits per heavy atom. The molecule has 0 aliphatic carbocycles. The highest BCUT2D eigenvalue weighted by Crippen LogP contribution is 2.11. The van der Waals surface area contributed by atoms with Crippen LogP contribution >= 0.6 is 0 Å². The zero-order valence-corrected chi connectivity index (χ0v) is 8.45. The molecule has 0 saturated carbocycles. The molecule has 1 aliphatic rings. The maximum absolute atomic E-state index is 11.2. The Labute approximate surface area is 83.6 Å². The number of esters is 2. The lowest BCUT2D eigenvalue weighted by atomic mass is 10.0. The van der Waals surface area contributed by atoms with Crippen LogP contribution in [0.4, 0.5) is 0 Å². The minimum absolute atomic E-state index is 0.00750. The zero-order valence-electron chi connectivity index (χ0n) is 8.45. The number of hydrogen-bond donors (Lipinski definition) is 0. The van der Waals surface area contributed by atoms with Gasteiger partial charge in [0.15, 0.2) is 0 Å². The predicted molar refractivity (Wildman–Crippen MR) is 49.6 cm³/mol. The molecule has 0 aromatic rings. The van der Waals surface area contributed by atoms with Crippen molar-refractivity contribution in [2.24, 2.45) is 5.92 Å². The van der Waals surface area contributed by atoms with E-state index in [4.69, 9.17) is 9.47 Å². The van der Waals surface area contributed by atoms with Gasteiger partial charge in [-0.1, -0.05) is 6.92 Å². The van der Waals surface area contributed by atoms with Crippen LogP contribution in [-0.2, 0) is 19.1 Å². The van der Waals surface area contributed by atoms with E-state index in [9.17, 15) is 9.59 Å². The maximum atomic E-state index is 11.2. The molecule has 0 amide bonds. The van der Waals surface area contributed by atoms with E-state index in [-0.39, 0.29) is 17.9 Å². The normalized spacial score (nSPS) is 22.1. The largest absolute Gasteiger partial charge is 0.466 e. The fourth-order valence-corrected chi connectivity index (χ4v) is 1.34. The Hall–Kier alpha value is -1.06. The van der Waals surface area contributed by atoms with Gasteiger partial charge in [0.05, 0.1) is 13.2 Å². The molecular formula is C10H16O4. The van der Waals surface area contributed by atoms with Crippen molar-refractivity contribution in [3.05, 3.63) is 0 Å². The van der Waals surface area contributed by atoms with E-state index in [1.54, 1.807) is 0 Å². The number of cyclic esters (lactones) is 2. The van der Waals surface area contributed by atoms with Crippen LogP contribution < -0.4 is 0 Å². The first-order valence-corrected chi connectivity index (χ1v) is 4.99. The first-order chi connectivity index (χ1) is 6.68. The summed E-state index contributed by atoms with van der Waals surface area (Å²) in [5.41, 5.74) is 0. The van der Waals surface area contributed by atoms with Gasteiger partial charge in [-0.2, -0.15) is 0 Å². The van der Waals surface area contributed by atoms with Gasteiger partial charge in [-0.25, -0.2) is 0 Å². The van der Waals surface area contributed by atoms with Crippen molar-refractivity contribution >= 4 is 11.9 Å². The van der Waals surface area contributed by atoms with Gasteiger partial charge in [-0.3, -0.25) is 9.59 Å². The van der Waals surface area contributed by atoms with Gasteiger partial charge in [0, 0.05) is 12.8 Å². The van der Waals surface area contributed by atoms with E-state index >= 15 is 0 Å². The van der Waals surface area contributed by atoms with Crippen molar-refractivity contribution in [2.75, 3.05) is 13.2 Å². The number of ether oxygens (including phenoxy) is 2. The summed E-state index contributed by atoms with van der Waals surface area (Å²) in [6, 6.07) is 0. The molecule has 1 aliphatic heterocycles. The molecule has 1 saturated heterocycles. The van der Waals surface area contributed by atoms with Gasteiger partial charge in [-0.05, 0) is 18.8 Å². The highest BCUT2D eigenvalue weighted by atomic mass is 16.5. The molecule has 0 aromatic carbocycles. The molecule has 1 rings (SSSR count). The second-order valence-electron chi connectivity index (χ2n) is 3.66. The van der Waals surface area contributed by atoms with Gasteiger partial charge >= 0.3 is 11.9 Å². The Bertz CT molecular complexity index is 190. The molecule has 14 heavy (non-hydrogen) atoms. The zero-order chi connectivity index (χ0) is 10.4. The fourth-order valence-electron chi connectivity index (χ4n) is 1.34. The third kappa shape index (κ3) is 4.25. The van der Waals surface area contributed by atoms with Crippen molar-refractivity contribution in [1.29, 1.82) is 0 Å². The van der Waals surface area contributed by atoms with Gasteiger partial charge in [-0.15, -0.1) is 0 Å². The molecule has 0 atom stereocenters. The summed E-state index contributed by atoms with van der Waals surface area (Å²) in [6.45, 7) is 2.71. The molecule has 0 spiro atoms. The fraction of sp³-hybridized carbons (Fsp3) is 0.800. The molecule has 0 unspecified atom stereocenters. The highest BCUT2D eigenvalue weighted by molar-refractivity contribution is 5.73. The number of carbonyl (C=O) groups excluding carboxylic acids is 2. The van der Waals surface area contributed by atoms with E-state index in [1.165, 1.54) is 0 Å². The third-order valence-electron chi connectivity index (χ3n) is 2.10. The third-order valence-corrected chi connectivity index (χ3v) is 2.10. The lowest BCUT2D eigenvalue weighted by Crippen LogP contribution is -2.13. The van der Waals surface area contributed by atoms with Crippen LogP contribution in [0.15, 0.2) is 0 Å². The summed E-state index contributed by atoms with van der Waals surface area (Å²) in [5.74, 6) is -0.424. The Morgan fingerprint density at radius 2 is 1.43 bits per heavy atom. The summed E-state index contributed by atoms with van der Waals surface area (Å²) in [5, 5.41) is 0. The van der Waals surface area contributed by atoms with Crippen LogP contribution in [0.3, 0.4) is 0 Å². The lowest BCUT2D eigenvalue weighted by molar-refractivity contribution is -0.145. The van der Waals surface area contributed by atoms with Gasteiger partial charge in [0.25, 0.3) is 0 Å². The minimum atomic E-state index is -0.216. The predicted octanol–water partition coefficient (Wildman–Crippen LogP) is 1.28. The highest BCUT2D eigenvalue weighted by Gasteiger charge is 2.16. The SMILES string of the molecule is CC1CC(=O)OCCCCOC(=O)C1. The van der Waals surface area contributed by atoms with Gasteiger partial charge < -0.3 is 9.47 Å². The van der Waals surface area contributed by atoms with Crippen LogP contribution in [0.5, 0.6) is 0 Å². The molecule has 80 valence electrons. The van der Waals surface area contributed by atoms with Gasteiger partial charge in [0.2, 0.25) is 0 Å². The summed E-state index contributed by atoms with van der Waals surface area (Å²) >= 11 is 0. The summed E-state index contributed by atoms with van der Waals surface area (Å²) in [4.78, 5) is 22.3. The molecule has 0 N–H and O–H groups in total.